The Bertz CT molecular complexity index is 1860. The fraction of sp³-hybridized carbons (Fsp3) is 0.488. The Morgan fingerprint density at radius 2 is 1.34 bits per heavy atom. The molecule has 0 saturated carbocycles. The first-order valence-corrected chi connectivity index (χ1v) is 16.9. The molecule has 2 aromatic carbocycles. The number of hydrogen-bond donors (Lipinski definition) is 0. The molecule has 7 aliphatic rings. The highest BCUT2D eigenvalue weighted by Crippen LogP contribution is 2.63. The van der Waals surface area contributed by atoms with Gasteiger partial charge in [0.05, 0.1) is 16.6 Å². The Morgan fingerprint density at radius 3 is 2.11 bits per heavy atom. The van der Waals surface area contributed by atoms with Crippen molar-refractivity contribution in [1.29, 1.82) is 0 Å². The maximum Gasteiger partial charge on any atom is 0.209 e. The predicted octanol–water partition coefficient (Wildman–Crippen LogP) is 9.07. The molecule has 226 valence electrons. The summed E-state index contributed by atoms with van der Waals surface area (Å²) in [6.45, 7) is 21.7. The van der Waals surface area contributed by atoms with Gasteiger partial charge in [-0.25, -0.2) is 0 Å². The number of benzene rings is 2. The molecule has 0 fully saturated rings. The summed E-state index contributed by atoms with van der Waals surface area (Å²) in [7, 11) is 0. The molecule has 0 bridgehead atoms. The van der Waals surface area contributed by atoms with E-state index in [2.05, 4.69) is 132 Å². The molecular formula is C41H47N2O+. The number of fused-ring (bicyclic) bond motifs is 10. The van der Waals surface area contributed by atoms with E-state index in [1.165, 1.54) is 56.2 Å². The van der Waals surface area contributed by atoms with E-state index in [0.29, 0.717) is 0 Å². The van der Waals surface area contributed by atoms with E-state index in [4.69, 9.17) is 4.74 Å². The van der Waals surface area contributed by atoms with Crippen molar-refractivity contribution in [2.24, 2.45) is 10.8 Å². The van der Waals surface area contributed by atoms with Gasteiger partial charge in [0.15, 0.2) is 5.71 Å². The van der Waals surface area contributed by atoms with Crippen molar-refractivity contribution >= 4 is 17.1 Å². The molecule has 3 heteroatoms. The second kappa shape index (κ2) is 7.97. The van der Waals surface area contributed by atoms with E-state index in [9.17, 15) is 0 Å². The summed E-state index contributed by atoms with van der Waals surface area (Å²) in [5.41, 5.74) is 14.0. The van der Waals surface area contributed by atoms with Gasteiger partial charge in [-0.15, -0.1) is 0 Å². The van der Waals surface area contributed by atoms with Crippen molar-refractivity contribution in [3.63, 3.8) is 0 Å². The smallest absolute Gasteiger partial charge is 0.209 e. The van der Waals surface area contributed by atoms with Crippen LogP contribution in [-0.4, -0.2) is 34.6 Å². The normalized spacial score (nSPS) is 36.9. The van der Waals surface area contributed by atoms with Gasteiger partial charge in [0, 0.05) is 52.4 Å². The Balaban J connectivity index is 1.23. The lowest BCUT2D eigenvalue weighted by Gasteiger charge is -2.57. The standard InChI is InChI=1S/C41H47N2O/c1-36(2)28-13-9-11-15-32(28)42-19-17-38(5)24-40(7)26(22-30(38)34(36)42)21-27-23-31-35-37(3,4)29-14-10-12-16-33(29)43(35)20-18-39(31,6)25-41(27,8)44-40/h9-16,21-23H,17-20,24-25H2,1-8H3/q+1/t38-,39+,40+,41-. The minimum atomic E-state index is -0.298. The third kappa shape index (κ3) is 3.15. The molecule has 44 heavy (non-hydrogen) atoms. The van der Waals surface area contributed by atoms with Gasteiger partial charge in [-0.1, -0.05) is 76.2 Å². The predicted molar refractivity (Wildman–Crippen MR) is 180 cm³/mol. The molecular weight excluding hydrogens is 536 g/mol. The SMILES string of the molecule is CC1(C)C2=C3C=C4C=C5C=C6C7=[N+](CC[C@@]6(C)C[C@@]5(C)O[C@@]4(C)C[C@@]3(C)CCN2c2ccccc21)c1ccccc1C7(C)C. The first-order chi connectivity index (χ1) is 20.7. The minimum absolute atomic E-state index is 0.0184. The van der Waals surface area contributed by atoms with E-state index < -0.39 is 0 Å². The van der Waals surface area contributed by atoms with Gasteiger partial charge in [0.1, 0.15) is 6.54 Å². The number of ether oxygens (including phenoxy) is 1. The molecule has 0 spiro atoms. The Labute approximate surface area is 263 Å². The Hall–Kier alpha value is -3.17. The van der Waals surface area contributed by atoms with Gasteiger partial charge in [0.25, 0.3) is 0 Å². The lowest BCUT2D eigenvalue weighted by Crippen LogP contribution is -2.56. The van der Waals surface area contributed by atoms with E-state index in [0.717, 1.165) is 38.8 Å². The van der Waals surface area contributed by atoms with Crippen LogP contribution >= 0.6 is 0 Å². The van der Waals surface area contributed by atoms with Gasteiger partial charge >= 0.3 is 0 Å². The van der Waals surface area contributed by atoms with Crippen LogP contribution in [0, 0.1) is 10.8 Å². The van der Waals surface area contributed by atoms with Gasteiger partial charge in [-0.2, -0.15) is 4.58 Å². The van der Waals surface area contributed by atoms with Crippen molar-refractivity contribution in [2.45, 2.75) is 103 Å². The summed E-state index contributed by atoms with van der Waals surface area (Å²) in [5, 5.41) is 0. The first kappa shape index (κ1) is 27.2. The largest absolute Gasteiger partial charge is 0.360 e. The first-order valence-electron chi connectivity index (χ1n) is 16.9. The number of anilines is 1. The van der Waals surface area contributed by atoms with Crippen LogP contribution in [0.2, 0.25) is 0 Å². The van der Waals surface area contributed by atoms with Crippen LogP contribution < -0.4 is 4.90 Å². The molecule has 0 saturated heterocycles. The lowest BCUT2D eigenvalue weighted by molar-refractivity contribution is -0.446. The number of para-hydroxylation sites is 2. The van der Waals surface area contributed by atoms with Crippen LogP contribution in [0.3, 0.4) is 0 Å². The van der Waals surface area contributed by atoms with Crippen molar-refractivity contribution in [1.82, 2.24) is 0 Å². The van der Waals surface area contributed by atoms with Crippen LogP contribution in [0.4, 0.5) is 11.4 Å². The highest BCUT2D eigenvalue weighted by molar-refractivity contribution is 6.09. The van der Waals surface area contributed by atoms with Gasteiger partial charge < -0.3 is 9.64 Å². The van der Waals surface area contributed by atoms with Crippen molar-refractivity contribution in [3.05, 3.63) is 106 Å². The molecule has 0 N–H and O–H groups in total. The molecule has 4 atom stereocenters. The summed E-state index contributed by atoms with van der Waals surface area (Å²) < 4.78 is 10.1. The zero-order chi connectivity index (χ0) is 30.7. The van der Waals surface area contributed by atoms with E-state index in [1.54, 1.807) is 0 Å². The fourth-order valence-corrected chi connectivity index (χ4v) is 11.0. The minimum Gasteiger partial charge on any atom is -0.360 e. The number of rotatable bonds is 0. The van der Waals surface area contributed by atoms with E-state index >= 15 is 0 Å². The highest BCUT2D eigenvalue weighted by Gasteiger charge is 2.61. The van der Waals surface area contributed by atoms with E-state index in [-0.39, 0.29) is 32.9 Å². The number of hydrogen-bond acceptors (Lipinski definition) is 2. The number of nitrogens with zero attached hydrogens (tertiary/aromatic N) is 2. The summed E-state index contributed by atoms with van der Waals surface area (Å²) in [6, 6.07) is 18.1. The van der Waals surface area contributed by atoms with E-state index in [1.807, 2.05) is 0 Å². The third-order valence-electron chi connectivity index (χ3n) is 13.1. The molecule has 0 unspecified atom stereocenters. The summed E-state index contributed by atoms with van der Waals surface area (Å²) in [4.78, 5) is 2.63. The van der Waals surface area contributed by atoms with Crippen LogP contribution in [0.15, 0.2) is 94.7 Å². The lowest BCUT2D eigenvalue weighted by atomic mass is 9.57. The fourth-order valence-electron chi connectivity index (χ4n) is 11.0. The van der Waals surface area contributed by atoms with Crippen molar-refractivity contribution < 1.29 is 9.31 Å². The van der Waals surface area contributed by atoms with Gasteiger partial charge in [0.2, 0.25) is 5.69 Å². The second-order valence-corrected chi connectivity index (χ2v) is 17.0. The monoisotopic (exact) mass is 583 g/mol. The molecule has 2 aliphatic carbocycles. The second-order valence-electron chi connectivity index (χ2n) is 17.0. The highest BCUT2D eigenvalue weighted by atomic mass is 16.5. The van der Waals surface area contributed by atoms with Gasteiger partial charge in [-0.3, -0.25) is 0 Å². The molecule has 0 aromatic heterocycles. The molecule has 5 heterocycles. The summed E-state index contributed by atoms with van der Waals surface area (Å²) >= 11 is 0. The Kier molecular flexibility index (Phi) is 4.92. The zero-order valence-corrected chi connectivity index (χ0v) is 27.9. The maximum atomic E-state index is 7.51. The average Bonchev–Trinajstić information content (AvgIpc) is 3.33. The van der Waals surface area contributed by atoms with Gasteiger partial charge in [-0.05, 0) is 86.8 Å². The van der Waals surface area contributed by atoms with Crippen LogP contribution in [-0.2, 0) is 15.6 Å². The third-order valence-corrected chi connectivity index (χ3v) is 13.1. The molecule has 0 amide bonds. The van der Waals surface area contributed by atoms with Crippen molar-refractivity contribution in [2.75, 3.05) is 18.0 Å². The molecule has 2 aromatic rings. The molecule has 9 rings (SSSR count). The quantitative estimate of drug-likeness (QED) is 0.288. The van der Waals surface area contributed by atoms with Crippen LogP contribution in [0.25, 0.3) is 0 Å². The topological polar surface area (TPSA) is 15.5 Å². The zero-order valence-electron chi connectivity index (χ0n) is 27.9. The van der Waals surface area contributed by atoms with Crippen LogP contribution in [0.1, 0.15) is 92.2 Å². The average molecular weight is 584 g/mol. The summed E-state index contributed by atoms with van der Waals surface area (Å²) in [5.74, 6) is 0. The molecule has 0 radical (unpaired) electrons. The molecule has 3 nitrogen and oxygen atoms in total. The number of allylic oxidation sites excluding steroid dienone is 4. The maximum absolute atomic E-state index is 7.51. The van der Waals surface area contributed by atoms with Crippen molar-refractivity contribution in [3.8, 4) is 0 Å². The van der Waals surface area contributed by atoms with Crippen LogP contribution in [0.5, 0.6) is 0 Å². The summed E-state index contributed by atoms with van der Waals surface area (Å²) in [6.07, 6.45) is 12.0. The molecule has 5 aliphatic heterocycles. The Morgan fingerprint density at radius 1 is 0.682 bits per heavy atom.